The molecule has 1 aromatic heterocycles. The monoisotopic (exact) mass is 411 g/mol. The first-order chi connectivity index (χ1) is 13.0. The van der Waals surface area contributed by atoms with Crippen LogP contribution < -0.4 is 5.32 Å². The van der Waals surface area contributed by atoms with Crippen molar-refractivity contribution in [2.75, 3.05) is 18.4 Å². The quantitative estimate of drug-likeness (QED) is 0.686. The predicted octanol–water partition coefficient (Wildman–Crippen LogP) is 4.90. The maximum absolute atomic E-state index is 12.4. The van der Waals surface area contributed by atoms with Crippen molar-refractivity contribution in [3.8, 4) is 0 Å². The Hall–Kier alpha value is -1.70. The number of carbonyl (C=O) groups is 1. The normalized spacial score (nSPS) is 15.9. The molecule has 1 amide bonds. The molecule has 144 valence electrons. The smallest absolute Gasteiger partial charge is 0.288 e. The molecule has 1 aliphatic rings. The molecule has 2 aromatic rings. The molecule has 2 heterocycles. The minimum absolute atomic E-state index is 0.0159. The van der Waals surface area contributed by atoms with Crippen molar-refractivity contribution in [3.63, 3.8) is 0 Å². The topological polar surface area (TPSA) is 45.2 Å². The molecular weight excluding hydrogens is 392 g/mol. The molecule has 1 saturated heterocycles. The number of pyridine rings is 1. The maximum Gasteiger partial charge on any atom is 0.288 e. The summed E-state index contributed by atoms with van der Waals surface area (Å²) in [6.07, 6.45) is 3.06. The van der Waals surface area contributed by atoms with Gasteiger partial charge in [0.15, 0.2) is 0 Å². The Labute approximate surface area is 166 Å². The molecule has 0 atom stereocenters. The van der Waals surface area contributed by atoms with E-state index in [1.165, 1.54) is 6.20 Å². The Bertz CT molecular complexity index is 751. The van der Waals surface area contributed by atoms with E-state index in [-0.39, 0.29) is 11.8 Å². The van der Waals surface area contributed by atoms with E-state index in [1.54, 1.807) is 24.3 Å². The molecule has 27 heavy (non-hydrogen) atoms. The summed E-state index contributed by atoms with van der Waals surface area (Å²) in [6, 6.07) is 10.6. The van der Waals surface area contributed by atoms with Crippen molar-refractivity contribution in [1.82, 2.24) is 9.88 Å². The first-order valence-corrected chi connectivity index (χ1v) is 9.94. The standard InChI is InChI=1S/C19H20ClF2N3OS/c20-15-3-6-17(23-11-15)24-18(26)14-7-9-25(10-8-14)12-13-1-4-16(5-2-13)27-19(21)22/h1-6,11,14,19H,7-10,12H2,(H,23,24,26). The Kier molecular flexibility index (Phi) is 7.04. The Morgan fingerprint density at radius 1 is 1.22 bits per heavy atom. The van der Waals surface area contributed by atoms with Crippen LogP contribution in [0.15, 0.2) is 47.5 Å². The van der Waals surface area contributed by atoms with Crippen LogP contribution in [0.5, 0.6) is 0 Å². The van der Waals surface area contributed by atoms with Crippen molar-refractivity contribution in [3.05, 3.63) is 53.2 Å². The van der Waals surface area contributed by atoms with E-state index in [9.17, 15) is 13.6 Å². The highest BCUT2D eigenvalue weighted by Crippen LogP contribution is 2.26. The molecule has 0 saturated carbocycles. The number of anilines is 1. The van der Waals surface area contributed by atoms with Crippen molar-refractivity contribution >= 4 is 35.1 Å². The fourth-order valence-corrected chi connectivity index (χ4v) is 3.68. The second kappa shape index (κ2) is 9.48. The number of thioether (sulfide) groups is 1. The van der Waals surface area contributed by atoms with Gasteiger partial charge in [0, 0.05) is 23.6 Å². The van der Waals surface area contributed by atoms with Crippen LogP contribution >= 0.6 is 23.4 Å². The van der Waals surface area contributed by atoms with Crippen LogP contribution in [0.3, 0.4) is 0 Å². The van der Waals surface area contributed by atoms with Gasteiger partial charge in [0.2, 0.25) is 5.91 Å². The number of aromatic nitrogens is 1. The number of nitrogens with zero attached hydrogens (tertiary/aromatic N) is 2. The molecule has 0 aliphatic carbocycles. The van der Waals surface area contributed by atoms with Crippen molar-refractivity contribution in [2.45, 2.75) is 30.0 Å². The molecule has 0 radical (unpaired) electrons. The highest BCUT2D eigenvalue weighted by Gasteiger charge is 2.25. The van der Waals surface area contributed by atoms with Gasteiger partial charge in [0.25, 0.3) is 5.76 Å². The van der Waals surface area contributed by atoms with E-state index < -0.39 is 5.76 Å². The van der Waals surface area contributed by atoms with Gasteiger partial charge in [-0.15, -0.1) is 0 Å². The number of benzene rings is 1. The van der Waals surface area contributed by atoms with E-state index in [1.807, 2.05) is 12.1 Å². The summed E-state index contributed by atoms with van der Waals surface area (Å²) in [5, 5.41) is 3.36. The summed E-state index contributed by atoms with van der Waals surface area (Å²) in [5.41, 5.74) is 1.09. The highest BCUT2D eigenvalue weighted by molar-refractivity contribution is 7.99. The van der Waals surface area contributed by atoms with Crippen LogP contribution in [0.4, 0.5) is 14.6 Å². The number of alkyl halides is 2. The third kappa shape index (κ3) is 6.16. The number of hydrogen-bond donors (Lipinski definition) is 1. The minimum atomic E-state index is -2.40. The van der Waals surface area contributed by atoms with E-state index in [0.29, 0.717) is 27.5 Å². The number of piperidine rings is 1. The first kappa shape index (κ1) is 20.0. The Morgan fingerprint density at radius 3 is 2.52 bits per heavy atom. The third-order valence-electron chi connectivity index (χ3n) is 4.49. The van der Waals surface area contributed by atoms with Gasteiger partial charge in [-0.25, -0.2) is 4.98 Å². The number of carbonyl (C=O) groups excluding carboxylic acids is 1. The number of hydrogen-bond acceptors (Lipinski definition) is 4. The third-order valence-corrected chi connectivity index (χ3v) is 5.44. The molecule has 4 nitrogen and oxygen atoms in total. The lowest BCUT2D eigenvalue weighted by molar-refractivity contribution is -0.121. The molecule has 1 aromatic carbocycles. The summed E-state index contributed by atoms with van der Waals surface area (Å²) >= 11 is 6.35. The molecular formula is C19H20ClF2N3OS. The van der Waals surface area contributed by atoms with Crippen LogP contribution in [0.25, 0.3) is 0 Å². The zero-order valence-electron chi connectivity index (χ0n) is 14.6. The van der Waals surface area contributed by atoms with Crippen LogP contribution in [0.2, 0.25) is 5.02 Å². The van der Waals surface area contributed by atoms with Gasteiger partial charge in [-0.1, -0.05) is 35.5 Å². The van der Waals surface area contributed by atoms with Gasteiger partial charge in [0.05, 0.1) is 5.02 Å². The van der Waals surface area contributed by atoms with Gasteiger partial charge in [-0.2, -0.15) is 8.78 Å². The Morgan fingerprint density at radius 2 is 1.93 bits per heavy atom. The average molecular weight is 412 g/mol. The van der Waals surface area contributed by atoms with E-state index >= 15 is 0 Å². The lowest BCUT2D eigenvalue weighted by Crippen LogP contribution is -2.37. The molecule has 8 heteroatoms. The predicted molar refractivity (Wildman–Crippen MR) is 104 cm³/mol. The summed E-state index contributed by atoms with van der Waals surface area (Å²) in [7, 11) is 0. The highest BCUT2D eigenvalue weighted by atomic mass is 35.5. The van der Waals surface area contributed by atoms with E-state index in [4.69, 9.17) is 11.6 Å². The summed E-state index contributed by atoms with van der Waals surface area (Å²) in [6.45, 7) is 2.39. The molecule has 0 unspecified atom stereocenters. The molecule has 0 spiro atoms. The zero-order valence-corrected chi connectivity index (χ0v) is 16.1. The van der Waals surface area contributed by atoms with Gasteiger partial charge in [-0.05, 0) is 55.8 Å². The van der Waals surface area contributed by atoms with E-state index in [2.05, 4.69) is 15.2 Å². The van der Waals surface area contributed by atoms with Crippen molar-refractivity contribution in [2.24, 2.45) is 5.92 Å². The fraction of sp³-hybridized carbons (Fsp3) is 0.368. The van der Waals surface area contributed by atoms with Crippen molar-refractivity contribution < 1.29 is 13.6 Å². The van der Waals surface area contributed by atoms with Gasteiger partial charge in [0.1, 0.15) is 5.82 Å². The second-order valence-corrected chi connectivity index (χ2v) is 7.92. The number of halogens is 3. The summed E-state index contributed by atoms with van der Waals surface area (Å²) < 4.78 is 24.7. The SMILES string of the molecule is O=C(Nc1ccc(Cl)cn1)C1CCN(Cc2ccc(SC(F)F)cc2)CC1. The van der Waals surface area contributed by atoms with Crippen LogP contribution in [0, 0.1) is 5.92 Å². The lowest BCUT2D eigenvalue weighted by Gasteiger charge is -2.31. The molecule has 3 rings (SSSR count). The Balaban J connectivity index is 1.45. The molecule has 1 N–H and O–H groups in total. The van der Waals surface area contributed by atoms with Crippen molar-refractivity contribution in [1.29, 1.82) is 0 Å². The lowest BCUT2D eigenvalue weighted by atomic mass is 9.95. The van der Waals surface area contributed by atoms with Crippen LogP contribution in [-0.2, 0) is 11.3 Å². The number of likely N-dealkylation sites (tertiary alicyclic amines) is 1. The second-order valence-electron chi connectivity index (χ2n) is 6.42. The minimum Gasteiger partial charge on any atom is -0.310 e. The zero-order chi connectivity index (χ0) is 19.2. The van der Waals surface area contributed by atoms with Gasteiger partial charge in [-0.3, -0.25) is 9.69 Å². The largest absolute Gasteiger partial charge is 0.310 e. The summed E-state index contributed by atoms with van der Waals surface area (Å²) in [4.78, 5) is 19.3. The first-order valence-electron chi connectivity index (χ1n) is 8.68. The fourth-order valence-electron chi connectivity index (χ4n) is 3.07. The molecule has 1 aliphatic heterocycles. The maximum atomic E-state index is 12.4. The molecule has 0 bridgehead atoms. The van der Waals surface area contributed by atoms with Crippen LogP contribution in [-0.4, -0.2) is 34.6 Å². The number of nitrogens with one attached hydrogen (secondary N) is 1. The number of rotatable bonds is 6. The summed E-state index contributed by atoms with van der Waals surface area (Å²) in [5.74, 6) is -1.95. The molecule has 1 fully saturated rings. The average Bonchev–Trinajstić information content (AvgIpc) is 2.65. The van der Waals surface area contributed by atoms with E-state index in [0.717, 1.165) is 38.0 Å². The van der Waals surface area contributed by atoms with Crippen LogP contribution in [0.1, 0.15) is 18.4 Å². The van der Waals surface area contributed by atoms with Gasteiger partial charge >= 0.3 is 0 Å². The van der Waals surface area contributed by atoms with Gasteiger partial charge < -0.3 is 5.32 Å². The number of amides is 1.